The molecule has 20 heavy (non-hydrogen) atoms. The van der Waals surface area contributed by atoms with E-state index in [1.165, 1.54) is 6.26 Å². The molecule has 0 aliphatic carbocycles. The van der Waals surface area contributed by atoms with E-state index in [1.807, 2.05) is 31.2 Å². The first kappa shape index (κ1) is 12.7. The summed E-state index contributed by atoms with van der Waals surface area (Å²) in [5, 5.41) is 0. The lowest BCUT2D eigenvalue weighted by Gasteiger charge is -2.16. The number of carbonyl (C=O) groups is 2. The molecule has 1 aromatic heterocycles. The van der Waals surface area contributed by atoms with Gasteiger partial charge >= 0.3 is 5.97 Å². The van der Waals surface area contributed by atoms with E-state index in [-0.39, 0.29) is 23.9 Å². The largest absolute Gasteiger partial charge is 0.461 e. The lowest BCUT2D eigenvalue weighted by atomic mass is 9.90. The van der Waals surface area contributed by atoms with Crippen LogP contribution in [-0.2, 0) is 9.53 Å². The summed E-state index contributed by atoms with van der Waals surface area (Å²) in [6.07, 6.45) is 1.02. The number of rotatable bonds is 3. The summed E-state index contributed by atoms with van der Waals surface area (Å²) < 4.78 is 10.4. The monoisotopic (exact) mass is 270 g/mol. The third kappa shape index (κ3) is 2.25. The second-order valence-electron chi connectivity index (χ2n) is 4.97. The number of hydrogen-bond donors (Lipinski definition) is 0. The topological polar surface area (TPSA) is 56.5 Å². The number of benzene rings is 1. The third-order valence-electron chi connectivity index (χ3n) is 3.52. The van der Waals surface area contributed by atoms with Gasteiger partial charge in [0.1, 0.15) is 6.10 Å². The predicted octanol–water partition coefficient (Wildman–Crippen LogP) is 3.08. The van der Waals surface area contributed by atoms with Crippen molar-refractivity contribution >= 4 is 11.8 Å². The van der Waals surface area contributed by atoms with E-state index in [1.54, 1.807) is 12.1 Å². The Balaban J connectivity index is 1.91. The molecule has 1 aliphatic rings. The van der Waals surface area contributed by atoms with E-state index in [2.05, 4.69) is 0 Å². The average molecular weight is 270 g/mol. The quantitative estimate of drug-likeness (QED) is 0.635. The van der Waals surface area contributed by atoms with Crippen LogP contribution >= 0.6 is 0 Å². The molecule has 1 aromatic carbocycles. The number of Topliss-reactive ketones (excluding diaryl/α,β-unsaturated/α-hetero) is 1. The van der Waals surface area contributed by atoms with Gasteiger partial charge in [-0.15, -0.1) is 0 Å². The zero-order valence-electron chi connectivity index (χ0n) is 11.0. The Hall–Kier alpha value is -2.36. The molecule has 2 heterocycles. The molecule has 0 unspecified atom stereocenters. The lowest BCUT2D eigenvalue weighted by molar-refractivity contribution is -0.141. The maximum absolute atomic E-state index is 12.4. The van der Waals surface area contributed by atoms with Crippen LogP contribution in [0.25, 0.3) is 0 Å². The summed E-state index contributed by atoms with van der Waals surface area (Å²) in [5.74, 6) is -0.784. The van der Waals surface area contributed by atoms with Crippen LogP contribution in [0, 0.1) is 12.8 Å². The molecule has 2 aromatic rings. The summed E-state index contributed by atoms with van der Waals surface area (Å²) >= 11 is 0. The molecule has 0 saturated carbocycles. The van der Waals surface area contributed by atoms with Gasteiger partial charge in [0.05, 0.1) is 18.6 Å². The van der Waals surface area contributed by atoms with Crippen LogP contribution in [0.3, 0.4) is 0 Å². The number of ketones is 1. The van der Waals surface area contributed by atoms with Gasteiger partial charge in [-0.05, 0) is 24.6 Å². The molecule has 0 radical (unpaired) electrons. The first-order valence-electron chi connectivity index (χ1n) is 6.49. The minimum Gasteiger partial charge on any atom is -0.461 e. The third-order valence-corrected chi connectivity index (χ3v) is 3.52. The Morgan fingerprint density at radius 2 is 1.95 bits per heavy atom. The van der Waals surface area contributed by atoms with Crippen LogP contribution in [0.15, 0.2) is 47.1 Å². The molecule has 1 fully saturated rings. The van der Waals surface area contributed by atoms with Crippen molar-refractivity contribution in [1.82, 2.24) is 0 Å². The Morgan fingerprint density at radius 1 is 1.20 bits per heavy atom. The highest BCUT2D eigenvalue weighted by molar-refractivity contribution is 5.98. The normalized spacial score (nSPS) is 21.8. The van der Waals surface area contributed by atoms with Crippen LogP contribution < -0.4 is 0 Å². The number of furan rings is 1. The molecule has 0 N–H and O–H groups in total. The van der Waals surface area contributed by atoms with Crippen molar-refractivity contribution < 1.29 is 18.7 Å². The van der Waals surface area contributed by atoms with E-state index in [0.29, 0.717) is 0 Å². The first-order chi connectivity index (χ1) is 9.65. The van der Waals surface area contributed by atoms with Gasteiger partial charge in [0, 0.05) is 0 Å². The summed E-state index contributed by atoms with van der Waals surface area (Å²) in [6, 6.07) is 10.9. The van der Waals surface area contributed by atoms with Gasteiger partial charge in [-0.1, -0.05) is 29.8 Å². The highest BCUT2D eigenvalue weighted by atomic mass is 16.6. The van der Waals surface area contributed by atoms with Crippen molar-refractivity contribution in [1.29, 1.82) is 0 Å². The predicted molar refractivity (Wildman–Crippen MR) is 71.2 cm³/mol. The van der Waals surface area contributed by atoms with Gasteiger partial charge in [0.2, 0.25) is 5.78 Å². The van der Waals surface area contributed by atoms with Gasteiger partial charge in [-0.25, -0.2) is 0 Å². The van der Waals surface area contributed by atoms with E-state index >= 15 is 0 Å². The number of hydrogen-bond acceptors (Lipinski definition) is 4. The minimum atomic E-state index is -0.527. The van der Waals surface area contributed by atoms with Gasteiger partial charge < -0.3 is 9.15 Å². The van der Waals surface area contributed by atoms with Gasteiger partial charge in [-0.2, -0.15) is 0 Å². The maximum atomic E-state index is 12.4. The molecular weight excluding hydrogens is 256 g/mol. The van der Waals surface area contributed by atoms with Gasteiger partial charge in [-0.3, -0.25) is 9.59 Å². The van der Waals surface area contributed by atoms with Crippen LogP contribution in [-0.4, -0.2) is 11.8 Å². The molecule has 4 heteroatoms. The summed E-state index contributed by atoms with van der Waals surface area (Å²) in [5.41, 5.74) is 1.96. The maximum Gasteiger partial charge on any atom is 0.307 e. The van der Waals surface area contributed by atoms with Crippen molar-refractivity contribution in [3.05, 3.63) is 59.5 Å². The van der Waals surface area contributed by atoms with Crippen molar-refractivity contribution in [3.8, 4) is 0 Å². The summed E-state index contributed by atoms with van der Waals surface area (Å²) in [6.45, 7) is 1.98. The molecule has 2 atom stereocenters. The average Bonchev–Trinajstić information content (AvgIpc) is 3.08. The SMILES string of the molecule is Cc1ccc([C@H]2OC(=O)C[C@@H]2C(=O)c2ccco2)cc1. The van der Waals surface area contributed by atoms with E-state index < -0.39 is 12.0 Å². The van der Waals surface area contributed by atoms with E-state index in [9.17, 15) is 9.59 Å². The number of esters is 1. The van der Waals surface area contributed by atoms with E-state index in [4.69, 9.17) is 9.15 Å². The Morgan fingerprint density at radius 3 is 2.60 bits per heavy atom. The minimum absolute atomic E-state index is 0.0953. The molecule has 3 rings (SSSR count). The molecule has 0 bridgehead atoms. The van der Waals surface area contributed by atoms with E-state index in [0.717, 1.165) is 11.1 Å². The summed E-state index contributed by atoms with van der Waals surface area (Å²) in [4.78, 5) is 24.0. The van der Waals surface area contributed by atoms with Crippen LogP contribution in [0.1, 0.15) is 34.2 Å². The first-order valence-corrected chi connectivity index (χ1v) is 6.49. The lowest BCUT2D eigenvalue weighted by Crippen LogP contribution is -2.18. The van der Waals surface area contributed by atoms with Crippen LogP contribution in [0.2, 0.25) is 0 Å². The molecule has 0 spiro atoms. The van der Waals surface area contributed by atoms with Crippen LogP contribution in [0.5, 0.6) is 0 Å². The molecule has 102 valence electrons. The van der Waals surface area contributed by atoms with Crippen molar-refractivity contribution in [2.45, 2.75) is 19.4 Å². The molecule has 1 aliphatic heterocycles. The Kier molecular flexibility index (Phi) is 3.14. The Labute approximate surface area is 116 Å². The van der Waals surface area contributed by atoms with Gasteiger partial charge in [0.15, 0.2) is 5.76 Å². The fourth-order valence-corrected chi connectivity index (χ4v) is 2.45. The number of cyclic esters (lactones) is 1. The molecule has 1 saturated heterocycles. The molecule has 4 nitrogen and oxygen atoms in total. The van der Waals surface area contributed by atoms with Crippen molar-refractivity contribution in [3.63, 3.8) is 0 Å². The highest BCUT2D eigenvalue weighted by Gasteiger charge is 2.41. The second-order valence-corrected chi connectivity index (χ2v) is 4.97. The zero-order chi connectivity index (χ0) is 14.1. The standard InChI is InChI=1S/C16H14O4/c1-10-4-6-11(7-5-10)16-12(9-14(17)20-16)15(18)13-3-2-8-19-13/h2-8,12,16H,9H2,1H3/t12-,16-/m1/s1. The van der Waals surface area contributed by atoms with Crippen molar-refractivity contribution in [2.75, 3.05) is 0 Å². The van der Waals surface area contributed by atoms with Crippen molar-refractivity contribution in [2.24, 2.45) is 5.92 Å². The fraction of sp³-hybridized carbons (Fsp3) is 0.250. The number of aryl methyl sites for hydroxylation is 1. The second kappa shape index (κ2) is 4.96. The van der Waals surface area contributed by atoms with Crippen LogP contribution in [0.4, 0.5) is 0 Å². The highest BCUT2D eigenvalue weighted by Crippen LogP contribution is 2.37. The molecular formula is C16H14O4. The smallest absolute Gasteiger partial charge is 0.307 e. The molecule has 0 amide bonds. The summed E-state index contributed by atoms with van der Waals surface area (Å²) in [7, 11) is 0. The fourth-order valence-electron chi connectivity index (χ4n) is 2.45. The Bertz CT molecular complexity index is 625. The van der Waals surface area contributed by atoms with Gasteiger partial charge in [0.25, 0.3) is 0 Å². The number of carbonyl (C=O) groups excluding carboxylic acids is 2. The zero-order valence-corrected chi connectivity index (χ0v) is 11.0. The number of ether oxygens (including phenoxy) is 1.